The molecule has 0 aliphatic carbocycles. The fraction of sp³-hybridized carbons (Fsp3) is 0.125. The van der Waals surface area contributed by atoms with Crippen LogP contribution in [-0.4, -0.2) is 5.78 Å². The first-order chi connectivity index (χ1) is 9.54. The van der Waals surface area contributed by atoms with Gasteiger partial charge in [0.2, 0.25) is 0 Å². The van der Waals surface area contributed by atoms with E-state index in [2.05, 4.69) is 15.9 Å². The van der Waals surface area contributed by atoms with E-state index < -0.39 is 17.5 Å². The Bertz CT molecular complexity index is 706. The van der Waals surface area contributed by atoms with Gasteiger partial charge in [0, 0.05) is 10.0 Å². The van der Waals surface area contributed by atoms with E-state index in [0.29, 0.717) is 15.6 Å². The van der Waals surface area contributed by atoms with Crippen LogP contribution in [0.5, 0.6) is 0 Å². The van der Waals surface area contributed by atoms with Crippen molar-refractivity contribution in [2.24, 2.45) is 0 Å². The van der Waals surface area contributed by atoms with Crippen LogP contribution in [-0.2, 0) is 0 Å². The molecule has 0 aromatic heterocycles. The summed E-state index contributed by atoms with van der Waals surface area (Å²) in [5.74, 6) is -1.80. The molecule has 1 unspecified atom stereocenters. The second-order valence-electron chi connectivity index (χ2n) is 4.41. The number of carbonyl (C=O) groups is 1. The third-order valence-electron chi connectivity index (χ3n) is 3.06. The lowest BCUT2D eigenvalue weighted by molar-refractivity contribution is 0.0978. The van der Waals surface area contributed by atoms with Crippen LogP contribution >= 0.6 is 15.9 Å². The molecule has 0 bridgehead atoms. The SMILES string of the molecule is Cc1ccc(C(=O)C(C#N)c2ccccc2Br)cc1F. The molecule has 2 aromatic rings. The monoisotopic (exact) mass is 331 g/mol. The van der Waals surface area contributed by atoms with E-state index in [4.69, 9.17) is 0 Å². The summed E-state index contributed by atoms with van der Waals surface area (Å²) in [7, 11) is 0. The van der Waals surface area contributed by atoms with Crippen LogP contribution in [0.4, 0.5) is 4.39 Å². The van der Waals surface area contributed by atoms with Gasteiger partial charge < -0.3 is 0 Å². The lowest BCUT2D eigenvalue weighted by atomic mass is 9.91. The molecule has 4 heteroatoms. The molecule has 0 aliphatic heterocycles. The molecule has 2 aromatic carbocycles. The Kier molecular flexibility index (Phi) is 4.31. The molecule has 0 N–H and O–H groups in total. The van der Waals surface area contributed by atoms with Gasteiger partial charge in [0.05, 0.1) is 6.07 Å². The molecule has 100 valence electrons. The van der Waals surface area contributed by atoms with E-state index in [-0.39, 0.29) is 5.56 Å². The summed E-state index contributed by atoms with van der Waals surface area (Å²) in [6.07, 6.45) is 0. The van der Waals surface area contributed by atoms with Crippen molar-refractivity contribution in [2.75, 3.05) is 0 Å². The molecule has 0 heterocycles. The fourth-order valence-corrected chi connectivity index (χ4v) is 2.41. The lowest BCUT2D eigenvalue weighted by Gasteiger charge is -2.11. The number of aryl methyl sites for hydroxylation is 1. The highest BCUT2D eigenvalue weighted by atomic mass is 79.9. The van der Waals surface area contributed by atoms with Gasteiger partial charge in [-0.2, -0.15) is 5.26 Å². The van der Waals surface area contributed by atoms with E-state index in [1.165, 1.54) is 12.1 Å². The van der Waals surface area contributed by atoms with Crippen molar-refractivity contribution in [1.82, 2.24) is 0 Å². The van der Waals surface area contributed by atoms with Crippen LogP contribution in [0.3, 0.4) is 0 Å². The Labute approximate surface area is 125 Å². The first-order valence-electron chi connectivity index (χ1n) is 5.99. The number of nitrogens with zero attached hydrogens (tertiary/aromatic N) is 1. The van der Waals surface area contributed by atoms with Gasteiger partial charge in [-0.05, 0) is 30.2 Å². The predicted molar refractivity (Wildman–Crippen MR) is 78.0 cm³/mol. The number of ketones is 1. The maximum absolute atomic E-state index is 13.5. The van der Waals surface area contributed by atoms with Gasteiger partial charge in [-0.1, -0.05) is 46.3 Å². The minimum absolute atomic E-state index is 0.204. The molecule has 0 saturated carbocycles. The highest BCUT2D eigenvalue weighted by molar-refractivity contribution is 9.10. The van der Waals surface area contributed by atoms with Crippen molar-refractivity contribution >= 4 is 21.7 Å². The number of carbonyl (C=O) groups excluding carboxylic acids is 1. The highest BCUT2D eigenvalue weighted by Gasteiger charge is 2.24. The number of benzene rings is 2. The number of hydrogen-bond acceptors (Lipinski definition) is 2. The summed E-state index contributed by atoms with van der Waals surface area (Å²) >= 11 is 3.33. The lowest BCUT2D eigenvalue weighted by Crippen LogP contribution is -2.12. The van der Waals surface area contributed by atoms with E-state index >= 15 is 0 Å². The Hall–Kier alpha value is -1.99. The predicted octanol–water partition coefficient (Wildman–Crippen LogP) is 4.39. The van der Waals surface area contributed by atoms with E-state index in [9.17, 15) is 14.4 Å². The Balaban J connectivity index is 2.42. The topological polar surface area (TPSA) is 40.9 Å². The molecule has 2 nitrogen and oxygen atoms in total. The van der Waals surface area contributed by atoms with Gasteiger partial charge in [-0.25, -0.2) is 4.39 Å². The summed E-state index contributed by atoms with van der Waals surface area (Å²) in [5, 5.41) is 9.27. The summed E-state index contributed by atoms with van der Waals surface area (Å²) in [4.78, 5) is 12.4. The van der Waals surface area contributed by atoms with Crippen molar-refractivity contribution in [2.45, 2.75) is 12.8 Å². The van der Waals surface area contributed by atoms with Gasteiger partial charge in [0.1, 0.15) is 11.7 Å². The van der Waals surface area contributed by atoms with Gasteiger partial charge in [-0.15, -0.1) is 0 Å². The molecule has 0 fully saturated rings. The number of nitriles is 1. The van der Waals surface area contributed by atoms with Crippen LogP contribution in [0.1, 0.15) is 27.4 Å². The van der Waals surface area contributed by atoms with Crippen molar-refractivity contribution in [3.05, 3.63) is 69.4 Å². The zero-order valence-electron chi connectivity index (χ0n) is 10.7. The summed E-state index contributed by atoms with van der Waals surface area (Å²) < 4.78 is 14.2. The zero-order valence-corrected chi connectivity index (χ0v) is 12.3. The molecule has 1 atom stereocenters. The average molecular weight is 332 g/mol. The van der Waals surface area contributed by atoms with Gasteiger partial charge in [0.25, 0.3) is 0 Å². The van der Waals surface area contributed by atoms with Crippen molar-refractivity contribution < 1.29 is 9.18 Å². The van der Waals surface area contributed by atoms with Crippen LogP contribution in [0.2, 0.25) is 0 Å². The Morgan fingerprint density at radius 2 is 2.00 bits per heavy atom. The van der Waals surface area contributed by atoms with Crippen molar-refractivity contribution in [3.8, 4) is 6.07 Å². The second-order valence-corrected chi connectivity index (χ2v) is 5.27. The Morgan fingerprint density at radius 3 is 2.60 bits per heavy atom. The smallest absolute Gasteiger partial charge is 0.184 e. The number of rotatable bonds is 3. The quantitative estimate of drug-likeness (QED) is 0.783. The van der Waals surface area contributed by atoms with E-state index in [1.807, 2.05) is 6.07 Å². The number of Topliss-reactive ketones (excluding diaryl/α,β-unsaturated/α-hetero) is 1. The maximum Gasteiger partial charge on any atom is 0.184 e. The van der Waals surface area contributed by atoms with Crippen LogP contribution in [0.15, 0.2) is 46.9 Å². The third-order valence-corrected chi connectivity index (χ3v) is 3.79. The minimum Gasteiger partial charge on any atom is -0.292 e. The van der Waals surface area contributed by atoms with Crippen LogP contribution < -0.4 is 0 Å². The molecule has 0 amide bonds. The second kappa shape index (κ2) is 5.98. The molecule has 0 radical (unpaired) electrons. The van der Waals surface area contributed by atoms with Crippen LogP contribution in [0, 0.1) is 24.1 Å². The summed E-state index contributed by atoms with van der Waals surface area (Å²) in [5.41, 5.74) is 1.26. The minimum atomic E-state index is -0.951. The van der Waals surface area contributed by atoms with Gasteiger partial charge in [-0.3, -0.25) is 4.79 Å². The summed E-state index contributed by atoms with van der Waals surface area (Å²) in [6.45, 7) is 1.62. The van der Waals surface area contributed by atoms with Gasteiger partial charge in [0.15, 0.2) is 5.78 Å². The van der Waals surface area contributed by atoms with E-state index in [0.717, 1.165) is 0 Å². The normalized spacial score (nSPS) is 11.7. The summed E-state index contributed by atoms with van der Waals surface area (Å²) in [6, 6.07) is 13.3. The van der Waals surface area contributed by atoms with Crippen molar-refractivity contribution in [3.63, 3.8) is 0 Å². The van der Waals surface area contributed by atoms with Crippen molar-refractivity contribution in [1.29, 1.82) is 5.26 Å². The molecule has 0 aliphatic rings. The highest BCUT2D eigenvalue weighted by Crippen LogP contribution is 2.27. The molecule has 0 spiro atoms. The average Bonchev–Trinajstić information content (AvgIpc) is 2.44. The first kappa shape index (κ1) is 14.4. The number of halogens is 2. The van der Waals surface area contributed by atoms with E-state index in [1.54, 1.807) is 37.3 Å². The largest absolute Gasteiger partial charge is 0.292 e. The first-order valence-corrected chi connectivity index (χ1v) is 6.78. The fourth-order valence-electron chi connectivity index (χ4n) is 1.89. The third kappa shape index (κ3) is 2.78. The zero-order chi connectivity index (χ0) is 14.7. The van der Waals surface area contributed by atoms with Gasteiger partial charge >= 0.3 is 0 Å². The van der Waals surface area contributed by atoms with Crippen LogP contribution in [0.25, 0.3) is 0 Å². The molecule has 20 heavy (non-hydrogen) atoms. The Morgan fingerprint density at radius 1 is 1.30 bits per heavy atom. The molecule has 2 rings (SSSR count). The maximum atomic E-state index is 13.5. The molecular weight excluding hydrogens is 321 g/mol. The number of hydrogen-bond donors (Lipinski definition) is 0. The molecule has 0 saturated heterocycles. The molecular formula is C16H11BrFNO. The standard InChI is InChI=1S/C16H11BrFNO/c1-10-6-7-11(8-15(10)18)16(20)13(9-19)12-4-2-3-5-14(12)17/h2-8,13H,1H3.